The van der Waals surface area contributed by atoms with Gasteiger partial charge in [0.05, 0.1) is 0 Å². The quantitative estimate of drug-likeness (QED) is 0.418. The van der Waals surface area contributed by atoms with Gasteiger partial charge in [-0.15, -0.1) is 0 Å². The Hall–Kier alpha value is -3.20. The lowest BCUT2D eigenvalue weighted by Gasteiger charge is -2.22. The molecule has 1 aromatic heterocycles. The van der Waals surface area contributed by atoms with E-state index in [4.69, 9.17) is 0 Å². The van der Waals surface area contributed by atoms with Crippen LogP contribution in [0.25, 0.3) is 22.3 Å². The second-order valence-corrected chi connectivity index (χ2v) is 7.32. The van der Waals surface area contributed by atoms with Crippen LogP contribution < -0.4 is 0 Å². The van der Waals surface area contributed by atoms with Crippen molar-refractivity contribution in [1.82, 2.24) is 10.1 Å². The first-order valence-corrected chi connectivity index (χ1v) is 9.00. The van der Waals surface area contributed by atoms with Crippen LogP contribution in [0.5, 0.6) is 0 Å². The van der Waals surface area contributed by atoms with E-state index in [1.54, 1.807) is 0 Å². The van der Waals surface area contributed by atoms with Crippen LogP contribution >= 0.6 is 0 Å². The number of hydrogen-bond acceptors (Lipinski definition) is 3. The average molecular weight is 356 g/mol. The second-order valence-electron chi connectivity index (χ2n) is 7.32. The lowest BCUT2D eigenvalue weighted by atomic mass is 9.83. The molecule has 0 aliphatic rings. The Morgan fingerprint density at radius 1 is 0.704 bits per heavy atom. The first-order valence-electron chi connectivity index (χ1n) is 9.00. The molecular formula is C24H24N2O. The molecule has 4 aromatic rings. The van der Waals surface area contributed by atoms with Gasteiger partial charge in [0.25, 0.3) is 0 Å². The van der Waals surface area contributed by atoms with Gasteiger partial charge in [0.15, 0.2) is 6.33 Å². The Balaban J connectivity index is 0.000000364. The predicted molar refractivity (Wildman–Crippen MR) is 110 cm³/mol. The van der Waals surface area contributed by atoms with Crippen LogP contribution in [0.2, 0.25) is 0 Å². The van der Waals surface area contributed by atoms with Gasteiger partial charge < -0.3 is 4.52 Å². The zero-order valence-corrected chi connectivity index (χ0v) is 16.0. The normalized spacial score (nSPS) is 10.8. The molecule has 3 nitrogen and oxygen atoms in total. The molecule has 0 amide bonds. The Morgan fingerprint density at radius 3 is 1.74 bits per heavy atom. The van der Waals surface area contributed by atoms with Gasteiger partial charge >= 0.3 is 0 Å². The van der Waals surface area contributed by atoms with Gasteiger partial charge in [0.1, 0.15) is 0 Å². The molecule has 27 heavy (non-hydrogen) atoms. The van der Waals surface area contributed by atoms with E-state index in [-0.39, 0.29) is 5.41 Å². The van der Waals surface area contributed by atoms with Crippen molar-refractivity contribution >= 4 is 0 Å². The Morgan fingerprint density at radius 2 is 1.30 bits per heavy atom. The summed E-state index contributed by atoms with van der Waals surface area (Å²) in [4.78, 5) is 3.44. The van der Waals surface area contributed by atoms with Crippen LogP contribution in [0, 0.1) is 0 Å². The molecular weight excluding hydrogens is 332 g/mol. The van der Waals surface area contributed by atoms with Crippen LogP contribution in [-0.4, -0.2) is 10.1 Å². The van der Waals surface area contributed by atoms with Crippen molar-refractivity contribution in [2.24, 2.45) is 0 Å². The molecule has 0 unspecified atom stereocenters. The van der Waals surface area contributed by atoms with E-state index in [1.165, 1.54) is 40.5 Å². The van der Waals surface area contributed by atoms with Gasteiger partial charge in [-0.25, -0.2) is 4.98 Å². The third-order valence-electron chi connectivity index (χ3n) is 4.34. The first kappa shape index (κ1) is 18.6. The van der Waals surface area contributed by atoms with Crippen molar-refractivity contribution in [3.8, 4) is 22.3 Å². The number of rotatable bonds is 2. The molecule has 0 atom stereocenters. The highest BCUT2D eigenvalue weighted by Crippen LogP contribution is 2.35. The maximum absolute atomic E-state index is 4.22. The molecule has 3 aromatic carbocycles. The van der Waals surface area contributed by atoms with Gasteiger partial charge in [0.2, 0.25) is 6.39 Å². The minimum absolute atomic E-state index is 0.152. The molecule has 0 saturated heterocycles. The fraction of sp³-hybridized carbons (Fsp3) is 0.167. The molecule has 1 heterocycles. The summed E-state index contributed by atoms with van der Waals surface area (Å²) in [6, 6.07) is 28.1. The second kappa shape index (κ2) is 8.45. The Labute approximate surface area is 160 Å². The smallest absolute Gasteiger partial charge is 0.213 e. The summed E-state index contributed by atoms with van der Waals surface area (Å²) in [5.41, 5.74) is 6.65. The third-order valence-corrected chi connectivity index (χ3v) is 4.34. The number of benzene rings is 3. The SMILES string of the molecule is CC(C)(C)c1ccc(-c2ccccc2)c(-c2ccccc2)c1.c1ncon1. The van der Waals surface area contributed by atoms with Crippen molar-refractivity contribution in [3.63, 3.8) is 0 Å². The minimum atomic E-state index is 0.152. The summed E-state index contributed by atoms with van der Waals surface area (Å²) in [5.74, 6) is 0. The molecule has 0 saturated carbocycles. The summed E-state index contributed by atoms with van der Waals surface area (Å²) in [5, 5.41) is 3.24. The molecule has 0 radical (unpaired) electrons. The standard InChI is InChI=1S/C22H22.C2H2N2O/c1-22(2,3)19-14-15-20(17-10-6-4-7-11-17)21(16-19)18-12-8-5-9-13-18;1-3-2-5-4-1/h4-16H,1-3H3;1-2H. The molecule has 136 valence electrons. The first-order chi connectivity index (χ1) is 13.1. The number of aromatic nitrogens is 2. The van der Waals surface area contributed by atoms with Crippen LogP contribution in [0.15, 0.2) is 96.1 Å². The highest BCUT2D eigenvalue weighted by molar-refractivity contribution is 5.84. The topological polar surface area (TPSA) is 38.9 Å². The molecule has 0 N–H and O–H groups in total. The van der Waals surface area contributed by atoms with Crippen molar-refractivity contribution in [1.29, 1.82) is 0 Å². The lowest BCUT2D eigenvalue weighted by Crippen LogP contribution is -2.11. The molecule has 0 aliphatic carbocycles. The lowest BCUT2D eigenvalue weighted by molar-refractivity contribution is 0.416. The minimum Gasteiger partial charge on any atom is -0.343 e. The summed E-state index contributed by atoms with van der Waals surface area (Å²) in [6.07, 6.45) is 2.60. The Kier molecular flexibility index (Phi) is 5.82. The fourth-order valence-electron chi connectivity index (χ4n) is 2.87. The van der Waals surface area contributed by atoms with E-state index in [9.17, 15) is 0 Å². The van der Waals surface area contributed by atoms with E-state index in [0.717, 1.165) is 0 Å². The Bertz CT molecular complexity index is 924. The molecule has 0 spiro atoms. The number of hydrogen-bond donors (Lipinski definition) is 0. The van der Waals surface area contributed by atoms with Crippen molar-refractivity contribution < 1.29 is 4.52 Å². The van der Waals surface area contributed by atoms with Gasteiger partial charge in [0, 0.05) is 0 Å². The highest BCUT2D eigenvalue weighted by Gasteiger charge is 2.16. The predicted octanol–water partition coefficient (Wildman–Crippen LogP) is 6.39. The third kappa shape index (κ3) is 4.91. The molecule has 3 heteroatoms. The van der Waals surface area contributed by atoms with Crippen LogP contribution in [0.1, 0.15) is 26.3 Å². The average Bonchev–Trinajstić information content (AvgIpc) is 3.28. The van der Waals surface area contributed by atoms with Crippen molar-refractivity contribution in [2.45, 2.75) is 26.2 Å². The molecule has 0 fully saturated rings. The van der Waals surface area contributed by atoms with Crippen LogP contribution in [0.3, 0.4) is 0 Å². The maximum Gasteiger partial charge on any atom is 0.213 e. The van der Waals surface area contributed by atoms with Crippen molar-refractivity contribution in [3.05, 3.63) is 97.1 Å². The maximum atomic E-state index is 4.22. The van der Waals surface area contributed by atoms with E-state index in [0.29, 0.717) is 0 Å². The largest absolute Gasteiger partial charge is 0.343 e. The van der Waals surface area contributed by atoms with Crippen LogP contribution in [0.4, 0.5) is 0 Å². The van der Waals surface area contributed by atoms with E-state index < -0.39 is 0 Å². The number of nitrogens with zero attached hydrogens (tertiary/aromatic N) is 2. The fourth-order valence-corrected chi connectivity index (χ4v) is 2.87. The summed E-state index contributed by atoms with van der Waals surface area (Å²) in [6.45, 7) is 6.79. The molecule has 0 aliphatic heterocycles. The van der Waals surface area contributed by atoms with Gasteiger partial charge in [-0.2, -0.15) is 0 Å². The summed E-state index contributed by atoms with van der Waals surface area (Å²) >= 11 is 0. The van der Waals surface area contributed by atoms with E-state index in [2.05, 4.69) is 114 Å². The van der Waals surface area contributed by atoms with Crippen molar-refractivity contribution in [2.75, 3.05) is 0 Å². The van der Waals surface area contributed by atoms with Gasteiger partial charge in [-0.05, 0) is 33.2 Å². The zero-order valence-electron chi connectivity index (χ0n) is 16.0. The summed E-state index contributed by atoms with van der Waals surface area (Å²) < 4.78 is 4.22. The zero-order chi connectivity index (χ0) is 19.1. The van der Waals surface area contributed by atoms with E-state index >= 15 is 0 Å². The molecule has 4 rings (SSSR count). The van der Waals surface area contributed by atoms with Gasteiger partial charge in [-0.1, -0.05) is 105 Å². The molecule has 0 bridgehead atoms. The monoisotopic (exact) mass is 356 g/mol. The highest BCUT2D eigenvalue weighted by atomic mass is 16.5. The van der Waals surface area contributed by atoms with E-state index in [1.807, 2.05) is 0 Å². The summed E-state index contributed by atoms with van der Waals surface area (Å²) in [7, 11) is 0. The van der Waals surface area contributed by atoms with Crippen LogP contribution in [-0.2, 0) is 5.41 Å². The van der Waals surface area contributed by atoms with Gasteiger partial charge in [-0.3, -0.25) is 0 Å².